The molecule has 33 heavy (non-hydrogen) atoms. The molecule has 12 heteroatoms. The quantitative estimate of drug-likeness (QED) is 0.550. The van der Waals surface area contributed by atoms with Gasteiger partial charge in [-0.15, -0.1) is 13.2 Å². The van der Waals surface area contributed by atoms with Gasteiger partial charge in [0, 0.05) is 12.6 Å². The zero-order valence-electron chi connectivity index (χ0n) is 18.0. The van der Waals surface area contributed by atoms with Crippen LogP contribution in [0.4, 0.5) is 13.2 Å². The van der Waals surface area contributed by atoms with Gasteiger partial charge in [0.2, 0.25) is 5.89 Å². The second-order valence-corrected chi connectivity index (χ2v) is 7.53. The normalized spacial score (nSPS) is 16.4. The third kappa shape index (κ3) is 7.97. The maximum absolute atomic E-state index is 12.2. The van der Waals surface area contributed by atoms with Gasteiger partial charge in [-0.1, -0.05) is 0 Å². The van der Waals surface area contributed by atoms with Crippen LogP contribution in [0.2, 0.25) is 0 Å². The smallest absolute Gasteiger partial charge is 0.484 e. The minimum absolute atomic E-state index is 0.0549. The standard InChI is InChI=1S/C21H25F3N4O5/c1-28-10-2-3-14(28)8-9-25-20(30)17-12-32-19(27-17)11-26-18(29)13-31-15-4-6-16(7-5-15)33-21(22,23)24/h4-7,12,14H,2-3,8-11,13H2,1H3,(H,25,30)(H,26,29). The average Bonchev–Trinajstić information content (AvgIpc) is 3.40. The van der Waals surface area contributed by atoms with Gasteiger partial charge in [0.05, 0.1) is 6.54 Å². The summed E-state index contributed by atoms with van der Waals surface area (Å²) in [6, 6.07) is 5.12. The molecular formula is C21H25F3N4O5. The fourth-order valence-corrected chi connectivity index (χ4v) is 3.39. The third-order valence-electron chi connectivity index (χ3n) is 5.08. The molecule has 1 atom stereocenters. The Morgan fingerprint density at radius 1 is 1.21 bits per heavy atom. The first-order valence-corrected chi connectivity index (χ1v) is 10.4. The molecule has 2 N–H and O–H groups in total. The Bertz CT molecular complexity index is 933. The van der Waals surface area contributed by atoms with Crippen molar-refractivity contribution in [3.8, 4) is 11.5 Å². The molecule has 1 aliphatic rings. The molecule has 0 radical (unpaired) electrons. The van der Waals surface area contributed by atoms with Crippen LogP contribution < -0.4 is 20.1 Å². The van der Waals surface area contributed by atoms with E-state index >= 15 is 0 Å². The van der Waals surface area contributed by atoms with E-state index in [0.29, 0.717) is 12.6 Å². The SMILES string of the molecule is CN1CCCC1CCNC(=O)c1coc(CNC(=O)COc2ccc(OC(F)(F)F)cc2)n1. The number of hydrogen-bond acceptors (Lipinski definition) is 7. The lowest BCUT2D eigenvalue weighted by Gasteiger charge is -2.18. The van der Waals surface area contributed by atoms with E-state index < -0.39 is 18.0 Å². The molecular weight excluding hydrogens is 445 g/mol. The summed E-state index contributed by atoms with van der Waals surface area (Å²) in [5.74, 6) is -0.904. The van der Waals surface area contributed by atoms with E-state index in [9.17, 15) is 22.8 Å². The van der Waals surface area contributed by atoms with E-state index in [1.165, 1.54) is 24.8 Å². The van der Waals surface area contributed by atoms with Gasteiger partial charge in [0.1, 0.15) is 17.8 Å². The number of oxazole rings is 1. The fourth-order valence-electron chi connectivity index (χ4n) is 3.39. The van der Waals surface area contributed by atoms with Gasteiger partial charge < -0.3 is 29.4 Å². The lowest BCUT2D eigenvalue weighted by Crippen LogP contribution is -2.32. The van der Waals surface area contributed by atoms with Crippen LogP contribution in [0.5, 0.6) is 11.5 Å². The van der Waals surface area contributed by atoms with Crippen molar-refractivity contribution in [2.75, 3.05) is 26.7 Å². The summed E-state index contributed by atoms with van der Waals surface area (Å²) < 4.78 is 50.6. The van der Waals surface area contributed by atoms with Crippen LogP contribution in [0.3, 0.4) is 0 Å². The number of hydrogen-bond donors (Lipinski definition) is 2. The van der Waals surface area contributed by atoms with Gasteiger partial charge in [-0.05, 0) is 57.1 Å². The van der Waals surface area contributed by atoms with Gasteiger partial charge in [0.25, 0.3) is 11.8 Å². The Balaban J connectivity index is 1.35. The Morgan fingerprint density at radius 2 is 1.94 bits per heavy atom. The van der Waals surface area contributed by atoms with Crippen molar-refractivity contribution < 1.29 is 36.7 Å². The molecule has 2 aromatic rings. The second kappa shape index (κ2) is 11.0. The number of amides is 2. The summed E-state index contributed by atoms with van der Waals surface area (Å²) in [5.41, 5.74) is 0.122. The van der Waals surface area contributed by atoms with Crippen LogP contribution in [0.15, 0.2) is 34.9 Å². The molecule has 2 amide bonds. The summed E-state index contributed by atoms with van der Waals surface area (Å²) >= 11 is 0. The highest BCUT2D eigenvalue weighted by molar-refractivity contribution is 5.91. The summed E-state index contributed by atoms with van der Waals surface area (Å²) in [6.45, 7) is 1.18. The van der Waals surface area contributed by atoms with Crippen LogP contribution in [0.25, 0.3) is 0 Å². The molecule has 0 bridgehead atoms. The zero-order chi connectivity index (χ0) is 23.8. The number of halogens is 3. The van der Waals surface area contributed by atoms with E-state index in [1.54, 1.807) is 0 Å². The highest BCUT2D eigenvalue weighted by Gasteiger charge is 2.31. The van der Waals surface area contributed by atoms with Gasteiger partial charge in [0.15, 0.2) is 12.3 Å². The second-order valence-electron chi connectivity index (χ2n) is 7.53. The molecule has 1 aromatic heterocycles. The van der Waals surface area contributed by atoms with Crippen LogP contribution in [0.1, 0.15) is 35.6 Å². The van der Waals surface area contributed by atoms with Crippen LogP contribution in [-0.4, -0.2) is 60.8 Å². The maximum Gasteiger partial charge on any atom is 0.573 e. The Morgan fingerprint density at radius 3 is 2.61 bits per heavy atom. The lowest BCUT2D eigenvalue weighted by molar-refractivity contribution is -0.274. The molecule has 2 heterocycles. The zero-order valence-corrected chi connectivity index (χ0v) is 18.0. The minimum atomic E-state index is -4.78. The number of rotatable bonds is 10. The lowest BCUT2D eigenvalue weighted by atomic mass is 10.1. The number of benzene rings is 1. The van der Waals surface area contributed by atoms with Crippen molar-refractivity contribution in [3.05, 3.63) is 42.1 Å². The van der Waals surface area contributed by atoms with Crippen molar-refractivity contribution in [1.82, 2.24) is 20.5 Å². The number of carbonyl (C=O) groups is 2. The predicted octanol–water partition coefficient (Wildman–Crippen LogP) is 2.48. The van der Waals surface area contributed by atoms with E-state index in [1.807, 2.05) is 0 Å². The van der Waals surface area contributed by atoms with Gasteiger partial charge in [-0.2, -0.15) is 0 Å². The monoisotopic (exact) mass is 470 g/mol. The number of nitrogens with zero attached hydrogens (tertiary/aromatic N) is 2. The molecule has 0 aliphatic carbocycles. The first-order valence-electron chi connectivity index (χ1n) is 10.4. The summed E-state index contributed by atoms with van der Waals surface area (Å²) in [6.07, 6.45) is -0.404. The summed E-state index contributed by atoms with van der Waals surface area (Å²) in [4.78, 5) is 30.4. The van der Waals surface area contributed by atoms with Crippen molar-refractivity contribution in [2.45, 2.75) is 38.2 Å². The highest BCUT2D eigenvalue weighted by atomic mass is 19.4. The van der Waals surface area contributed by atoms with Gasteiger partial charge >= 0.3 is 6.36 Å². The van der Waals surface area contributed by atoms with Crippen LogP contribution >= 0.6 is 0 Å². The molecule has 9 nitrogen and oxygen atoms in total. The number of nitrogens with one attached hydrogen (secondary N) is 2. The molecule has 1 aliphatic heterocycles. The number of carbonyl (C=O) groups excluding carboxylic acids is 2. The molecule has 180 valence electrons. The fraction of sp³-hybridized carbons (Fsp3) is 0.476. The Labute approximate surface area is 188 Å². The van der Waals surface area contributed by atoms with Crippen molar-refractivity contribution in [1.29, 1.82) is 0 Å². The van der Waals surface area contributed by atoms with E-state index in [2.05, 4.69) is 32.3 Å². The minimum Gasteiger partial charge on any atom is -0.484 e. The van der Waals surface area contributed by atoms with Crippen molar-refractivity contribution >= 4 is 11.8 Å². The van der Waals surface area contributed by atoms with Crippen LogP contribution in [0, 0.1) is 0 Å². The van der Waals surface area contributed by atoms with Gasteiger partial charge in [-0.3, -0.25) is 9.59 Å². The van der Waals surface area contributed by atoms with E-state index in [4.69, 9.17) is 9.15 Å². The predicted molar refractivity (Wildman–Crippen MR) is 110 cm³/mol. The van der Waals surface area contributed by atoms with Crippen molar-refractivity contribution in [3.63, 3.8) is 0 Å². The third-order valence-corrected chi connectivity index (χ3v) is 5.08. The Kier molecular flexibility index (Phi) is 8.15. The molecule has 1 unspecified atom stereocenters. The van der Waals surface area contributed by atoms with E-state index in [0.717, 1.165) is 31.5 Å². The number of alkyl halides is 3. The van der Waals surface area contributed by atoms with Gasteiger partial charge in [-0.25, -0.2) is 4.98 Å². The maximum atomic E-state index is 12.2. The number of likely N-dealkylation sites (tertiary alicyclic amines) is 1. The number of aromatic nitrogens is 1. The largest absolute Gasteiger partial charge is 0.573 e. The number of ether oxygens (including phenoxy) is 2. The average molecular weight is 470 g/mol. The van der Waals surface area contributed by atoms with E-state index in [-0.39, 0.29) is 36.4 Å². The first-order chi connectivity index (χ1) is 15.7. The highest BCUT2D eigenvalue weighted by Crippen LogP contribution is 2.24. The van der Waals surface area contributed by atoms with Crippen LogP contribution in [-0.2, 0) is 11.3 Å². The molecule has 0 saturated carbocycles. The Hall–Kier alpha value is -3.28. The molecule has 1 saturated heterocycles. The van der Waals surface area contributed by atoms with Crippen molar-refractivity contribution in [2.24, 2.45) is 0 Å². The topological polar surface area (TPSA) is 106 Å². The molecule has 3 rings (SSSR count). The molecule has 1 aromatic carbocycles. The first kappa shape index (κ1) is 24.4. The summed E-state index contributed by atoms with van der Waals surface area (Å²) in [7, 11) is 2.08. The molecule has 1 fully saturated rings. The molecule has 0 spiro atoms. The summed E-state index contributed by atoms with van der Waals surface area (Å²) in [5, 5.41) is 5.33.